The van der Waals surface area contributed by atoms with E-state index in [1.807, 2.05) is 0 Å². The summed E-state index contributed by atoms with van der Waals surface area (Å²) in [6.07, 6.45) is 5.27. The summed E-state index contributed by atoms with van der Waals surface area (Å²) in [5.41, 5.74) is 1.50. The quantitative estimate of drug-likeness (QED) is 0.600. The van der Waals surface area contributed by atoms with E-state index < -0.39 is 0 Å². The van der Waals surface area contributed by atoms with E-state index in [4.69, 9.17) is 0 Å². The summed E-state index contributed by atoms with van der Waals surface area (Å²) in [7, 11) is 0. The predicted molar refractivity (Wildman–Crippen MR) is 47.1 cm³/mol. The van der Waals surface area contributed by atoms with E-state index in [0.29, 0.717) is 0 Å². The molecule has 1 fully saturated rings. The number of nitrogens with zero attached hydrogens (tertiary/aromatic N) is 1. The second-order valence-corrected chi connectivity index (χ2v) is 3.52. The van der Waals surface area contributed by atoms with E-state index in [1.54, 1.807) is 0 Å². The molecule has 0 aromatic rings. The molecule has 2 heterocycles. The third kappa shape index (κ3) is 1.62. The van der Waals surface area contributed by atoms with Crippen LogP contribution in [0.1, 0.15) is 25.7 Å². The number of aliphatic imine (C=N–C) groups is 1. The fraction of sp³-hybridized carbons (Fsp3) is 0.889. The molecule has 2 aliphatic rings. The topological polar surface area (TPSA) is 24.4 Å². The average Bonchev–Trinajstić information content (AvgIpc) is 2.58. The molecular weight excluding hydrogens is 136 g/mol. The smallest absolute Gasteiger partial charge is 0.0392 e. The van der Waals surface area contributed by atoms with Gasteiger partial charge in [-0.3, -0.25) is 4.99 Å². The highest BCUT2D eigenvalue weighted by molar-refractivity contribution is 5.88. The van der Waals surface area contributed by atoms with Gasteiger partial charge in [-0.25, -0.2) is 0 Å². The average molecular weight is 152 g/mol. The fourth-order valence-electron chi connectivity index (χ4n) is 2.03. The van der Waals surface area contributed by atoms with Crippen LogP contribution >= 0.6 is 0 Å². The second kappa shape index (κ2) is 3.35. The van der Waals surface area contributed by atoms with Gasteiger partial charge in [0.05, 0.1) is 0 Å². The van der Waals surface area contributed by atoms with Gasteiger partial charge in [-0.05, 0) is 32.2 Å². The molecule has 0 spiro atoms. The van der Waals surface area contributed by atoms with Crippen molar-refractivity contribution in [2.24, 2.45) is 10.9 Å². The number of rotatable bonds is 1. The third-order valence-electron chi connectivity index (χ3n) is 2.67. The standard InChI is InChI=1S/C9H16N2/c1-3-8(7-10-5-1)9-4-2-6-11-9/h8,10H,1-7H2. The molecule has 0 saturated carbocycles. The third-order valence-corrected chi connectivity index (χ3v) is 2.67. The molecule has 2 aliphatic heterocycles. The Labute approximate surface area is 68.1 Å². The Balaban J connectivity index is 1.92. The number of nitrogens with one attached hydrogen (secondary N) is 1. The Bertz CT molecular complexity index is 157. The molecule has 0 radical (unpaired) electrons. The Morgan fingerprint density at radius 3 is 3.00 bits per heavy atom. The van der Waals surface area contributed by atoms with Crippen LogP contribution in [0.2, 0.25) is 0 Å². The Kier molecular flexibility index (Phi) is 2.22. The van der Waals surface area contributed by atoms with Crippen LogP contribution in [0.4, 0.5) is 0 Å². The highest BCUT2D eigenvalue weighted by Crippen LogP contribution is 2.18. The largest absolute Gasteiger partial charge is 0.316 e. The summed E-state index contributed by atoms with van der Waals surface area (Å²) < 4.78 is 0. The number of hydrogen-bond donors (Lipinski definition) is 1. The van der Waals surface area contributed by atoms with Crippen molar-refractivity contribution in [2.75, 3.05) is 19.6 Å². The summed E-state index contributed by atoms with van der Waals surface area (Å²) in [4.78, 5) is 4.54. The zero-order valence-electron chi connectivity index (χ0n) is 6.97. The van der Waals surface area contributed by atoms with Gasteiger partial charge in [0.2, 0.25) is 0 Å². The summed E-state index contributed by atoms with van der Waals surface area (Å²) >= 11 is 0. The summed E-state index contributed by atoms with van der Waals surface area (Å²) in [6.45, 7) is 3.48. The van der Waals surface area contributed by atoms with E-state index in [2.05, 4.69) is 10.3 Å². The zero-order chi connectivity index (χ0) is 7.52. The van der Waals surface area contributed by atoms with Gasteiger partial charge in [-0.2, -0.15) is 0 Å². The Hall–Kier alpha value is -0.370. The molecule has 1 unspecified atom stereocenters. The molecule has 62 valence electrons. The van der Waals surface area contributed by atoms with E-state index in [1.165, 1.54) is 44.5 Å². The van der Waals surface area contributed by atoms with Crippen molar-refractivity contribution in [3.8, 4) is 0 Å². The monoisotopic (exact) mass is 152 g/mol. The maximum Gasteiger partial charge on any atom is 0.0392 e. The molecule has 1 atom stereocenters. The fourth-order valence-corrected chi connectivity index (χ4v) is 2.03. The first kappa shape index (κ1) is 7.29. The van der Waals surface area contributed by atoms with Crippen molar-refractivity contribution in [1.82, 2.24) is 5.32 Å². The van der Waals surface area contributed by atoms with Crippen molar-refractivity contribution < 1.29 is 0 Å². The maximum atomic E-state index is 4.54. The van der Waals surface area contributed by atoms with E-state index in [-0.39, 0.29) is 0 Å². The first-order chi connectivity index (χ1) is 5.47. The van der Waals surface area contributed by atoms with E-state index in [0.717, 1.165) is 12.5 Å². The summed E-state index contributed by atoms with van der Waals surface area (Å²) in [6, 6.07) is 0. The summed E-state index contributed by atoms with van der Waals surface area (Å²) in [5, 5.41) is 3.43. The SMILES string of the molecule is C1CN=C(C2CCCNC2)C1. The molecule has 11 heavy (non-hydrogen) atoms. The lowest BCUT2D eigenvalue weighted by Crippen LogP contribution is -2.33. The second-order valence-electron chi connectivity index (χ2n) is 3.52. The van der Waals surface area contributed by atoms with Crippen molar-refractivity contribution in [3.05, 3.63) is 0 Å². The van der Waals surface area contributed by atoms with Crippen molar-refractivity contribution in [2.45, 2.75) is 25.7 Å². The first-order valence-electron chi connectivity index (χ1n) is 4.71. The van der Waals surface area contributed by atoms with Crippen LogP contribution < -0.4 is 5.32 Å². The predicted octanol–water partition coefficient (Wildman–Crippen LogP) is 1.22. The molecule has 0 aromatic carbocycles. The van der Waals surface area contributed by atoms with Gasteiger partial charge < -0.3 is 5.32 Å². The van der Waals surface area contributed by atoms with Gasteiger partial charge in [0.1, 0.15) is 0 Å². The van der Waals surface area contributed by atoms with Gasteiger partial charge >= 0.3 is 0 Å². The van der Waals surface area contributed by atoms with Gasteiger partial charge in [-0.15, -0.1) is 0 Å². The lowest BCUT2D eigenvalue weighted by Gasteiger charge is -2.22. The molecular formula is C9H16N2. The Morgan fingerprint density at radius 2 is 2.36 bits per heavy atom. The van der Waals surface area contributed by atoms with Crippen LogP contribution in [0.3, 0.4) is 0 Å². The summed E-state index contributed by atoms with van der Waals surface area (Å²) in [5.74, 6) is 0.784. The van der Waals surface area contributed by atoms with Crippen molar-refractivity contribution >= 4 is 5.71 Å². The van der Waals surface area contributed by atoms with Crippen LogP contribution in [0.5, 0.6) is 0 Å². The highest BCUT2D eigenvalue weighted by Gasteiger charge is 2.20. The van der Waals surface area contributed by atoms with E-state index >= 15 is 0 Å². The van der Waals surface area contributed by atoms with Crippen LogP contribution in [-0.4, -0.2) is 25.3 Å². The van der Waals surface area contributed by atoms with Crippen LogP contribution in [0, 0.1) is 5.92 Å². The minimum Gasteiger partial charge on any atom is -0.316 e. The van der Waals surface area contributed by atoms with Crippen LogP contribution in [-0.2, 0) is 0 Å². The molecule has 1 N–H and O–H groups in total. The first-order valence-corrected chi connectivity index (χ1v) is 4.71. The lowest BCUT2D eigenvalue weighted by atomic mass is 9.93. The molecule has 0 bridgehead atoms. The van der Waals surface area contributed by atoms with Gasteiger partial charge in [0.15, 0.2) is 0 Å². The van der Waals surface area contributed by atoms with Gasteiger partial charge in [0, 0.05) is 24.7 Å². The molecule has 0 aliphatic carbocycles. The molecule has 1 saturated heterocycles. The van der Waals surface area contributed by atoms with Crippen molar-refractivity contribution in [3.63, 3.8) is 0 Å². The number of hydrogen-bond acceptors (Lipinski definition) is 2. The molecule has 0 amide bonds. The van der Waals surface area contributed by atoms with Crippen molar-refractivity contribution in [1.29, 1.82) is 0 Å². The minimum atomic E-state index is 0.784. The van der Waals surface area contributed by atoms with Crippen LogP contribution in [0.15, 0.2) is 4.99 Å². The number of piperidine rings is 1. The van der Waals surface area contributed by atoms with Crippen LogP contribution in [0.25, 0.3) is 0 Å². The van der Waals surface area contributed by atoms with E-state index in [9.17, 15) is 0 Å². The Morgan fingerprint density at radius 1 is 1.36 bits per heavy atom. The lowest BCUT2D eigenvalue weighted by molar-refractivity contribution is 0.455. The maximum absolute atomic E-state index is 4.54. The van der Waals surface area contributed by atoms with Gasteiger partial charge in [0.25, 0.3) is 0 Å². The molecule has 2 rings (SSSR count). The van der Waals surface area contributed by atoms with Gasteiger partial charge in [-0.1, -0.05) is 0 Å². The molecule has 2 nitrogen and oxygen atoms in total. The highest BCUT2D eigenvalue weighted by atomic mass is 14.9. The zero-order valence-corrected chi connectivity index (χ0v) is 6.97. The minimum absolute atomic E-state index is 0.784. The molecule has 2 heteroatoms. The normalized spacial score (nSPS) is 32.0. The molecule has 0 aromatic heterocycles.